The van der Waals surface area contributed by atoms with Gasteiger partial charge in [0.1, 0.15) is 0 Å². The van der Waals surface area contributed by atoms with Crippen molar-refractivity contribution in [1.29, 1.82) is 0 Å². The van der Waals surface area contributed by atoms with Crippen LogP contribution in [0.15, 0.2) is 47.5 Å². The van der Waals surface area contributed by atoms with Gasteiger partial charge in [0.2, 0.25) is 5.82 Å². The molecule has 2 aromatic rings. The molecule has 0 bridgehead atoms. The summed E-state index contributed by atoms with van der Waals surface area (Å²) in [5, 5.41) is 4.93. The SMILES string of the molecule is O=C(Nc1ccccc1)Nc1ncc[nH]c1=O. The van der Waals surface area contributed by atoms with Crippen LogP contribution >= 0.6 is 0 Å². The summed E-state index contributed by atoms with van der Waals surface area (Å²) in [6, 6.07) is 8.39. The maximum atomic E-state index is 11.5. The number of aromatic nitrogens is 2. The molecule has 0 spiro atoms. The molecule has 0 unspecified atom stereocenters. The van der Waals surface area contributed by atoms with Gasteiger partial charge in [0.25, 0.3) is 5.56 Å². The largest absolute Gasteiger partial charge is 0.325 e. The number of hydrogen-bond acceptors (Lipinski definition) is 3. The highest BCUT2D eigenvalue weighted by atomic mass is 16.2. The zero-order chi connectivity index (χ0) is 12.1. The van der Waals surface area contributed by atoms with E-state index in [9.17, 15) is 9.59 Å². The van der Waals surface area contributed by atoms with Gasteiger partial charge in [0.15, 0.2) is 0 Å². The molecule has 1 heterocycles. The Morgan fingerprint density at radius 1 is 1.18 bits per heavy atom. The molecule has 0 aliphatic heterocycles. The molecule has 0 radical (unpaired) electrons. The molecule has 1 aromatic heterocycles. The van der Waals surface area contributed by atoms with Gasteiger partial charge >= 0.3 is 6.03 Å². The lowest BCUT2D eigenvalue weighted by Gasteiger charge is -2.05. The molecule has 6 heteroatoms. The van der Waals surface area contributed by atoms with Gasteiger partial charge in [0.05, 0.1) is 0 Å². The van der Waals surface area contributed by atoms with Crippen molar-refractivity contribution >= 4 is 17.5 Å². The molecule has 3 N–H and O–H groups in total. The highest BCUT2D eigenvalue weighted by Crippen LogP contribution is 2.05. The molecule has 0 saturated carbocycles. The molecule has 0 fully saturated rings. The van der Waals surface area contributed by atoms with E-state index in [1.807, 2.05) is 6.07 Å². The summed E-state index contributed by atoms with van der Waals surface area (Å²) in [4.78, 5) is 28.9. The van der Waals surface area contributed by atoms with Crippen LogP contribution in [0.5, 0.6) is 0 Å². The summed E-state index contributed by atoms with van der Waals surface area (Å²) in [7, 11) is 0. The van der Waals surface area contributed by atoms with Crippen molar-refractivity contribution in [3.05, 3.63) is 53.1 Å². The molecule has 0 aliphatic carbocycles. The first-order valence-electron chi connectivity index (χ1n) is 4.92. The minimum absolute atomic E-state index is 0.0408. The number of urea groups is 1. The quantitative estimate of drug-likeness (QED) is 0.729. The summed E-state index contributed by atoms with van der Waals surface area (Å²) in [5.41, 5.74) is 0.188. The smallest absolute Gasteiger partial charge is 0.324 e. The van der Waals surface area contributed by atoms with Gasteiger partial charge in [0, 0.05) is 18.1 Å². The van der Waals surface area contributed by atoms with Crippen LogP contribution in [0.25, 0.3) is 0 Å². The Balaban J connectivity index is 2.04. The molecular weight excluding hydrogens is 220 g/mol. The van der Waals surface area contributed by atoms with Crippen molar-refractivity contribution in [1.82, 2.24) is 9.97 Å². The van der Waals surface area contributed by atoms with Crippen molar-refractivity contribution in [3.63, 3.8) is 0 Å². The van der Waals surface area contributed by atoms with E-state index in [0.717, 1.165) is 0 Å². The number of benzene rings is 1. The normalized spacial score (nSPS) is 9.65. The van der Waals surface area contributed by atoms with Crippen LogP contribution < -0.4 is 16.2 Å². The number of anilines is 2. The Morgan fingerprint density at radius 3 is 2.65 bits per heavy atom. The first kappa shape index (κ1) is 10.9. The summed E-state index contributed by atoms with van der Waals surface area (Å²) in [6.07, 6.45) is 2.78. The summed E-state index contributed by atoms with van der Waals surface area (Å²) in [5.74, 6) is -0.0408. The fourth-order valence-corrected chi connectivity index (χ4v) is 1.23. The first-order valence-corrected chi connectivity index (χ1v) is 4.92. The van der Waals surface area contributed by atoms with Gasteiger partial charge in [-0.3, -0.25) is 10.1 Å². The van der Waals surface area contributed by atoms with E-state index in [2.05, 4.69) is 20.6 Å². The van der Waals surface area contributed by atoms with Crippen LogP contribution in [0.2, 0.25) is 0 Å². The fourth-order valence-electron chi connectivity index (χ4n) is 1.23. The van der Waals surface area contributed by atoms with E-state index in [1.54, 1.807) is 24.3 Å². The molecule has 0 atom stereocenters. The fraction of sp³-hybridized carbons (Fsp3) is 0. The number of nitrogens with one attached hydrogen (secondary N) is 3. The van der Waals surface area contributed by atoms with Crippen molar-refractivity contribution < 1.29 is 4.79 Å². The third kappa shape index (κ3) is 2.91. The zero-order valence-electron chi connectivity index (χ0n) is 8.81. The zero-order valence-corrected chi connectivity index (χ0v) is 8.81. The van der Waals surface area contributed by atoms with Crippen molar-refractivity contribution in [2.75, 3.05) is 10.6 Å². The van der Waals surface area contributed by atoms with Crippen LogP contribution in [0.4, 0.5) is 16.3 Å². The number of carbonyl (C=O) groups excluding carboxylic acids is 1. The lowest BCUT2D eigenvalue weighted by Crippen LogP contribution is -2.25. The molecule has 1 aromatic carbocycles. The standard InChI is InChI=1S/C11H10N4O2/c16-10-9(12-6-7-13-10)15-11(17)14-8-4-2-1-3-5-8/h1-7H,(H,13,16)(H2,12,14,15,17). The van der Waals surface area contributed by atoms with Gasteiger partial charge in [-0.15, -0.1) is 0 Å². The highest BCUT2D eigenvalue weighted by molar-refractivity contribution is 5.98. The third-order valence-corrected chi connectivity index (χ3v) is 1.97. The summed E-state index contributed by atoms with van der Waals surface area (Å²) in [6.45, 7) is 0. The van der Waals surface area contributed by atoms with Crippen LogP contribution in [-0.4, -0.2) is 16.0 Å². The van der Waals surface area contributed by atoms with Crippen molar-refractivity contribution in [3.8, 4) is 0 Å². The Morgan fingerprint density at radius 2 is 1.94 bits per heavy atom. The van der Waals surface area contributed by atoms with Gasteiger partial charge < -0.3 is 10.3 Å². The van der Waals surface area contributed by atoms with Crippen molar-refractivity contribution in [2.24, 2.45) is 0 Å². The van der Waals surface area contributed by atoms with Crippen molar-refractivity contribution in [2.45, 2.75) is 0 Å². The summed E-state index contributed by atoms with van der Waals surface area (Å²) < 4.78 is 0. The minimum Gasteiger partial charge on any atom is -0.324 e. The van der Waals surface area contributed by atoms with Crippen LogP contribution in [0.1, 0.15) is 0 Å². The maximum Gasteiger partial charge on any atom is 0.325 e. The Bertz CT molecular complexity index is 565. The van der Waals surface area contributed by atoms with E-state index < -0.39 is 11.6 Å². The Kier molecular flexibility index (Phi) is 3.15. The maximum absolute atomic E-state index is 11.5. The number of hydrogen-bond donors (Lipinski definition) is 3. The van der Waals surface area contributed by atoms with Crippen LogP contribution in [0, 0.1) is 0 Å². The van der Waals surface area contributed by atoms with E-state index in [1.165, 1.54) is 12.4 Å². The number of carbonyl (C=O) groups is 1. The van der Waals surface area contributed by atoms with E-state index >= 15 is 0 Å². The van der Waals surface area contributed by atoms with Gasteiger partial charge in [-0.25, -0.2) is 9.78 Å². The second kappa shape index (κ2) is 4.93. The minimum atomic E-state index is -0.514. The molecular formula is C11H10N4O2. The van der Waals surface area contributed by atoms with Gasteiger partial charge in [-0.2, -0.15) is 0 Å². The number of H-pyrrole nitrogens is 1. The highest BCUT2D eigenvalue weighted by Gasteiger charge is 2.05. The van der Waals surface area contributed by atoms with E-state index in [4.69, 9.17) is 0 Å². The summed E-state index contributed by atoms with van der Waals surface area (Å²) >= 11 is 0. The molecule has 17 heavy (non-hydrogen) atoms. The predicted molar refractivity (Wildman–Crippen MR) is 63.9 cm³/mol. The Labute approximate surface area is 96.7 Å². The molecule has 0 aliphatic rings. The third-order valence-electron chi connectivity index (χ3n) is 1.97. The molecule has 2 amide bonds. The number of aromatic amines is 1. The van der Waals surface area contributed by atoms with E-state index in [0.29, 0.717) is 5.69 Å². The average molecular weight is 230 g/mol. The second-order valence-electron chi connectivity index (χ2n) is 3.21. The molecule has 0 saturated heterocycles. The average Bonchev–Trinajstić information content (AvgIpc) is 2.33. The number of rotatable bonds is 2. The molecule has 6 nitrogen and oxygen atoms in total. The van der Waals surface area contributed by atoms with Gasteiger partial charge in [-0.1, -0.05) is 18.2 Å². The molecule has 2 rings (SSSR count). The van der Waals surface area contributed by atoms with E-state index in [-0.39, 0.29) is 5.82 Å². The monoisotopic (exact) mass is 230 g/mol. The topological polar surface area (TPSA) is 86.9 Å². The van der Waals surface area contributed by atoms with Crippen LogP contribution in [0.3, 0.4) is 0 Å². The lowest BCUT2D eigenvalue weighted by atomic mass is 10.3. The number of para-hydroxylation sites is 1. The van der Waals surface area contributed by atoms with Gasteiger partial charge in [-0.05, 0) is 12.1 Å². The van der Waals surface area contributed by atoms with Crippen LogP contribution in [-0.2, 0) is 0 Å². The number of amides is 2. The first-order chi connectivity index (χ1) is 8.25. The second-order valence-corrected chi connectivity index (χ2v) is 3.21. The Hall–Kier alpha value is -2.63. The number of nitrogens with zero attached hydrogens (tertiary/aromatic N) is 1. The lowest BCUT2D eigenvalue weighted by molar-refractivity contribution is 0.262. The predicted octanol–water partition coefficient (Wildman–Crippen LogP) is 1.41. The molecule has 86 valence electrons.